The number of amides is 2. The van der Waals surface area contributed by atoms with E-state index >= 15 is 0 Å². The van der Waals surface area contributed by atoms with Gasteiger partial charge in [0.15, 0.2) is 0 Å². The Morgan fingerprint density at radius 2 is 1.57 bits per heavy atom. The SMILES string of the molecule is CC[C@@H](C)NC(=O)[C@@H](C)N(Cc1c(Cl)cccc1Cl)C(=O)CN(c1cc(C)cc(C)c1)S(C)(=O)=O. The highest BCUT2D eigenvalue weighted by Gasteiger charge is 2.31. The fourth-order valence-electron chi connectivity index (χ4n) is 3.61. The highest BCUT2D eigenvalue weighted by molar-refractivity contribution is 7.92. The number of hydrogen-bond donors (Lipinski definition) is 1. The van der Waals surface area contributed by atoms with Crippen molar-refractivity contribution < 1.29 is 18.0 Å². The minimum absolute atomic E-state index is 0.0587. The number of nitrogens with one attached hydrogen (secondary N) is 1. The molecule has 0 aliphatic heterocycles. The number of nitrogens with zero attached hydrogens (tertiary/aromatic N) is 2. The predicted octanol–water partition coefficient (Wildman–Crippen LogP) is 4.71. The minimum atomic E-state index is -3.81. The first-order valence-corrected chi connectivity index (χ1v) is 13.9. The molecular weight excluding hydrogens is 509 g/mol. The standard InChI is InChI=1S/C25H33Cl2N3O4S/c1-7-18(4)28-25(32)19(5)29(14-21-22(26)9-8-10-23(21)27)24(31)15-30(35(6,33)34)20-12-16(2)11-17(3)13-20/h8-13,18-19H,7,14-15H2,1-6H3,(H,28,32)/t18-,19-/m1/s1. The summed E-state index contributed by atoms with van der Waals surface area (Å²) >= 11 is 12.7. The topological polar surface area (TPSA) is 86.8 Å². The van der Waals surface area contributed by atoms with Crippen molar-refractivity contribution in [1.82, 2.24) is 10.2 Å². The lowest BCUT2D eigenvalue weighted by Gasteiger charge is -2.32. The molecular formula is C25H33Cl2N3O4S. The largest absolute Gasteiger partial charge is 0.352 e. The molecule has 10 heteroatoms. The van der Waals surface area contributed by atoms with Crippen LogP contribution >= 0.6 is 23.2 Å². The normalized spacial score (nSPS) is 13.1. The van der Waals surface area contributed by atoms with Gasteiger partial charge < -0.3 is 10.2 Å². The zero-order valence-electron chi connectivity index (χ0n) is 20.9. The van der Waals surface area contributed by atoms with Crippen molar-refractivity contribution in [3.8, 4) is 0 Å². The maximum Gasteiger partial charge on any atom is 0.244 e. The van der Waals surface area contributed by atoms with Crippen LogP contribution in [0.5, 0.6) is 0 Å². The molecule has 0 radical (unpaired) electrons. The Kier molecular flexibility index (Phi) is 10.0. The molecule has 0 spiro atoms. The van der Waals surface area contributed by atoms with Gasteiger partial charge in [-0.05, 0) is 69.5 Å². The Bertz CT molecular complexity index is 1150. The number of carbonyl (C=O) groups is 2. The first-order chi connectivity index (χ1) is 16.2. The highest BCUT2D eigenvalue weighted by Crippen LogP contribution is 2.27. The average Bonchev–Trinajstić information content (AvgIpc) is 2.75. The van der Waals surface area contributed by atoms with E-state index in [0.29, 0.717) is 21.3 Å². The predicted molar refractivity (Wildman–Crippen MR) is 142 cm³/mol. The molecule has 192 valence electrons. The first kappa shape index (κ1) is 28.9. The van der Waals surface area contributed by atoms with E-state index in [9.17, 15) is 18.0 Å². The molecule has 35 heavy (non-hydrogen) atoms. The summed E-state index contributed by atoms with van der Waals surface area (Å²) in [4.78, 5) is 27.9. The van der Waals surface area contributed by atoms with Crippen LogP contribution in [0.25, 0.3) is 0 Å². The van der Waals surface area contributed by atoms with Crippen molar-refractivity contribution in [3.63, 3.8) is 0 Å². The van der Waals surface area contributed by atoms with Crippen molar-refractivity contribution in [3.05, 3.63) is 63.1 Å². The van der Waals surface area contributed by atoms with E-state index in [1.54, 1.807) is 37.3 Å². The van der Waals surface area contributed by atoms with Crippen molar-refractivity contribution in [1.29, 1.82) is 0 Å². The van der Waals surface area contributed by atoms with Crippen molar-refractivity contribution >= 4 is 50.7 Å². The molecule has 7 nitrogen and oxygen atoms in total. The van der Waals surface area contributed by atoms with E-state index in [1.807, 2.05) is 33.8 Å². The molecule has 0 saturated carbocycles. The fourth-order valence-corrected chi connectivity index (χ4v) is 4.96. The number of carbonyl (C=O) groups excluding carboxylic acids is 2. The van der Waals surface area contributed by atoms with Gasteiger partial charge in [0.1, 0.15) is 12.6 Å². The van der Waals surface area contributed by atoms with E-state index in [4.69, 9.17) is 23.2 Å². The second-order valence-corrected chi connectivity index (χ2v) is 11.6. The van der Waals surface area contributed by atoms with Crippen LogP contribution in [-0.4, -0.2) is 50.0 Å². The quantitative estimate of drug-likeness (QED) is 0.471. The third-order valence-corrected chi connectivity index (χ3v) is 7.58. The summed E-state index contributed by atoms with van der Waals surface area (Å²) in [5.74, 6) is -0.912. The zero-order chi connectivity index (χ0) is 26.5. The molecule has 2 atom stereocenters. The molecule has 2 aromatic carbocycles. The van der Waals surface area contributed by atoms with Crippen LogP contribution in [0.3, 0.4) is 0 Å². The van der Waals surface area contributed by atoms with Crippen LogP contribution in [-0.2, 0) is 26.2 Å². The van der Waals surface area contributed by atoms with Gasteiger partial charge in [0.25, 0.3) is 0 Å². The van der Waals surface area contributed by atoms with Crippen LogP contribution < -0.4 is 9.62 Å². The van der Waals surface area contributed by atoms with E-state index < -0.39 is 28.5 Å². The van der Waals surface area contributed by atoms with Gasteiger partial charge in [-0.2, -0.15) is 0 Å². The summed E-state index contributed by atoms with van der Waals surface area (Å²) in [6.45, 7) is 8.57. The summed E-state index contributed by atoms with van der Waals surface area (Å²) in [5.41, 5.74) is 2.58. The summed E-state index contributed by atoms with van der Waals surface area (Å²) < 4.78 is 26.5. The van der Waals surface area contributed by atoms with Gasteiger partial charge in [-0.1, -0.05) is 42.3 Å². The van der Waals surface area contributed by atoms with Crippen LogP contribution in [0.1, 0.15) is 43.9 Å². The first-order valence-electron chi connectivity index (χ1n) is 11.3. The number of rotatable bonds is 10. The van der Waals surface area contributed by atoms with Gasteiger partial charge >= 0.3 is 0 Å². The number of anilines is 1. The molecule has 0 unspecified atom stereocenters. The molecule has 0 saturated heterocycles. The maximum absolute atomic E-state index is 13.6. The molecule has 0 heterocycles. The Morgan fingerprint density at radius 3 is 2.06 bits per heavy atom. The highest BCUT2D eigenvalue weighted by atomic mass is 35.5. The maximum atomic E-state index is 13.6. The minimum Gasteiger partial charge on any atom is -0.352 e. The van der Waals surface area contributed by atoms with Gasteiger partial charge in [-0.25, -0.2) is 8.42 Å². The van der Waals surface area contributed by atoms with Crippen LogP contribution in [0.4, 0.5) is 5.69 Å². The molecule has 2 amide bonds. The Balaban J connectivity index is 2.48. The molecule has 0 aliphatic carbocycles. The van der Waals surface area contributed by atoms with Crippen molar-refractivity contribution in [2.75, 3.05) is 17.1 Å². The number of sulfonamides is 1. The molecule has 2 aromatic rings. The zero-order valence-corrected chi connectivity index (χ0v) is 23.3. The Hall–Kier alpha value is -2.29. The lowest BCUT2D eigenvalue weighted by Crippen LogP contribution is -2.52. The molecule has 1 N–H and O–H groups in total. The summed E-state index contributed by atoms with van der Waals surface area (Å²) in [5, 5.41) is 3.57. The summed E-state index contributed by atoms with van der Waals surface area (Å²) in [6, 6.07) is 9.31. The number of halogens is 2. The Labute approximate surface area is 218 Å². The van der Waals surface area contributed by atoms with Crippen LogP contribution in [0.2, 0.25) is 10.0 Å². The van der Waals surface area contributed by atoms with E-state index in [1.165, 1.54) is 4.90 Å². The molecule has 2 rings (SSSR count). The van der Waals surface area contributed by atoms with E-state index in [2.05, 4.69) is 5.32 Å². The lowest BCUT2D eigenvalue weighted by molar-refractivity contribution is -0.139. The van der Waals surface area contributed by atoms with Gasteiger partial charge in [0, 0.05) is 28.2 Å². The van der Waals surface area contributed by atoms with Crippen LogP contribution in [0.15, 0.2) is 36.4 Å². The Morgan fingerprint density at radius 1 is 1.03 bits per heavy atom. The van der Waals surface area contributed by atoms with Gasteiger partial charge in [-0.15, -0.1) is 0 Å². The number of hydrogen-bond acceptors (Lipinski definition) is 4. The van der Waals surface area contributed by atoms with Gasteiger partial charge in [0.05, 0.1) is 11.9 Å². The molecule has 0 bridgehead atoms. The van der Waals surface area contributed by atoms with Crippen molar-refractivity contribution in [2.45, 2.75) is 59.7 Å². The second kappa shape index (κ2) is 12.1. The van der Waals surface area contributed by atoms with E-state index in [0.717, 1.165) is 28.1 Å². The number of aryl methyl sites for hydroxylation is 2. The van der Waals surface area contributed by atoms with Crippen LogP contribution in [0, 0.1) is 13.8 Å². The molecule has 0 fully saturated rings. The summed E-state index contributed by atoms with van der Waals surface area (Å²) in [6.07, 6.45) is 1.77. The number of benzene rings is 2. The third kappa shape index (κ3) is 7.85. The third-order valence-electron chi connectivity index (χ3n) is 5.73. The average molecular weight is 543 g/mol. The van der Waals surface area contributed by atoms with Gasteiger partial charge in [0.2, 0.25) is 21.8 Å². The van der Waals surface area contributed by atoms with Gasteiger partial charge in [-0.3, -0.25) is 13.9 Å². The molecule has 0 aliphatic rings. The molecule has 0 aromatic heterocycles. The monoisotopic (exact) mass is 541 g/mol. The smallest absolute Gasteiger partial charge is 0.244 e. The second-order valence-electron chi connectivity index (χ2n) is 8.83. The van der Waals surface area contributed by atoms with Crippen molar-refractivity contribution in [2.24, 2.45) is 0 Å². The fraction of sp³-hybridized carbons (Fsp3) is 0.440. The summed E-state index contributed by atoms with van der Waals surface area (Å²) in [7, 11) is -3.81. The van der Waals surface area contributed by atoms with E-state index in [-0.39, 0.29) is 18.5 Å². The lowest BCUT2D eigenvalue weighted by atomic mass is 10.1.